The highest BCUT2D eigenvalue weighted by Gasteiger charge is 2.48. The van der Waals surface area contributed by atoms with Crippen molar-refractivity contribution in [2.24, 2.45) is 5.92 Å². The molecule has 3 aliphatic rings. The van der Waals surface area contributed by atoms with Gasteiger partial charge in [-0.05, 0) is 35.4 Å². The fourth-order valence-corrected chi connectivity index (χ4v) is 5.93. The largest absolute Gasteiger partial charge is 0.484 e. The molecule has 0 saturated carbocycles. The Morgan fingerprint density at radius 3 is 2.14 bits per heavy atom. The molecule has 7 rings (SSSR count). The van der Waals surface area contributed by atoms with Crippen molar-refractivity contribution in [2.75, 3.05) is 19.6 Å². The van der Waals surface area contributed by atoms with Gasteiger partial charge < -0.3 is 18.8 Å². The molecule has 0 amide bonds. The number of piperidine rings is 3. The van der Waals surface area contributed by atoms with Crippen LogP contribution in [-0.4, -0.2) is 45.5 Å². The average molecular weight is 503 g/mol. The summed E-state index contributed by atoms with van der Waals surface area (Å²) < 4.78 is 13.0. The van der Waals surface area contributed by atoms with Gasteiger partial charge in [0.25, 0.3) is 5.89 Å². The number of quaternary nitrogens is 1. The third-order valence-corrected chi connectivity index (χ3v) is 8.04. The second-order valence-corrected chi connectivity index (χ2v) is 10.5. The van der Waals surface area contributed by atoms with Crippen LogP contribution in [-0.2, 0) is 12.1 Å². The summed E-state index contributed by atoms with van der Waals surface area (Å²) in [7, 11) is 0. The van der Waals surface area contributed by atoms with E-state index in [1.807, 2.05) is 84.9 Å². The van der Waals surface area contributed by atoms with E-state index in [2.05, 4.69) is 5.16 Å². The molecule has 3 fully saturated rings. The molecular formula is C29H29ClN3O3+. The van der Waals surface area contributed by atoms with E-state index >= 15 is 0 Å². The van der Waals surface area contributed by atoms with Crippen LogP contribution in [0.15, 0.2) is 89.5 Å². The molecule has 4 heterocycles. The van der Waals surface area contributed by atoms with Gasteiger partial charge in [-0.15, -0.1) is 0 Å². The minimum Gasteiger partial charge on any atom is -0.484 e. The fraction of sp³-hybridized carbons (Fsp3) is 0.310. The molecule has 184 valence electrons. The van der Waals surface area contributed by atoms with E-state index in [0.717, 1.165) is 42.7 Å². The summed E-state index contributed by atoms with van der Waals surface area (Å²) >= 11 is 6.04. The number of rotatable bonds is 7. The second kappa shape index (κ2) is 9.36. The van der Waals surface area contributed by atoms with Crippen molar-refractivity contribution in [3.63, 3.8) is 0 Å². The molecule has 0 aliphatic carbocycles. The lowest BCUT2D eigenvalue weighted by molar-refractivity contribution is -0.959. The molecule has 3 aliphatic heterocycles. The maximum absolute atomic E-state index is 12.0. The normalized spacial score (nSPS) is 23.5. The standard InChI is InChI=1S/C29H29ClN3O3/c30-24-11-13-25(14-12-24)35-26-19-33(17-15-21(26)16-18-33)20-27-31-28(32-36-27)29(34,22-7-3-1-4-8-22)23-9-5-2-6-10-23/h1-14,21,26,34H,15-20H2/q+1/t21?,26-,33?/m0/s1. The van der Waals surface area contributed by atoms with E-state index in [1.165, 1.54) is 0 Å². The summed E-state index contributed by atoms with van der Waals surface area (Å²) in [6.07, 6.45) is 2.36. The lowest BCUT2D eigenvalue weighted by atomic mass is 9.83. The summed E-state index contributed by atoms with van der Waals surface area (Å²) in [6.45, 7) is 3.64. The summed E-state index contributed by atoms with van der Waals surface area (Å²) in [5, 5.41) is 17.0. The van der Waals surface area contributed by atoms with E-state index in [9.17, 15) is 5.11 Å². The van der Waals surface area contributed by atoms with E-state index in [4.69, 9.17) is 25.8 Å². The van der Waals surface area contributed by atoms with E-state index in [0.29, 0.717) is 34.5 Å². The van der Waals surface area contributed by atoms with Gasteiger partial charge >= 0.3 is 0 Å². The van der Waals surface area contributed by atoms with Gasteiger partial charge in [-0.3, -0.25) is 0 Å². The van der Waals surface area contributed by atoms with Crippen LogP contribution in [0.5, 0.6) is 5.75 Å². The topological polar surface area (TPSA) is 68.4 Å². The van der Waals surface area contributed by atoms with Gasteiger partial charge in [0.05, 0.1) is 13.1 Å². The van der Waals surface area contributed by atoms with Gasteiger partial charge in [0.2, 0.25) is 5.82 Å². The number of hydrogen-bond acceptors (Lipinski definition) is 5. The first-order valence-corrected chi connectivity index (χ1v) is 12.9. The highest BCUT2D eigenvalue weighted by Crippen LogP contribution is 2.39. The number of aromatic nitrogens is 2. The molecule has 7 heteroatoms. The third-order valence-electron chi connectivity index (χ3n) is 7.79. The minimum atomic E-state index is -1.50. The van der Waals surface area contributed by atoms with Gasteiger partial charge in [-0.2, -0.15) is 4.98 Å². The van der Waals surface area contributed by atoms with Crippen LogP contribution in [0.3, 0.4) is 0 Å². The van der Waals surface area contributed by atoms with Crippen LogP contribution >= 0.6 is 11.6 Å². The van der Waals surface area contributed by atoms with E-state index in [1.54, 1.807) is 0 Å². The van der Waals surface area contributed by atoms with Crippen LogP contribution < -0.4 is 4.74 Å². The van der Waals surface area contributed by atoms with Gasteiger partial charge in [-0.25, -0.2) is 0 Å². The number of halogens is 1. The van der Waals surface area contributed by atoms with Crippen molar-refractivity contribution in [2.45, 2.75) is 31.1 Å². The second-order valence-electron chi connectivity index (χ2n) is 10.0. The molecular weight excluding hydrogens is 474 g/mol. The molecule has 3 aromatic carbocycles. The van der Waals surface area contributed by atoms with Crippen LogP contribution in [0.1, 0.15) is 35.7 Å². The smallest absolute Gasteiger partial charge is 0.282 e. The Morgan fingerprint density at radius 2 is 1.53 bits per heavy atom. The van der Waals surface area contributed by atoms with Crippen molar-refractivity contribution >= 4 is 11.6 Å². The third kappa shape index (κ3) is 4.30. The van der Waals surface area contributed by atoms with Crippen molar-refractivity contribution in [3.05, 3.63) is 113 Å². The maximum Gasteiger partial charge on any atom is 0.282 e. The first-order chi connectivity index (χ1) is 17.5. The Labute approximate surface area is 215 Å². The maximum atomic E-state index is 12.0. The number of ether oxygens (including phenoxy) is 1. The Bertz CT molecular complexity index is 1260. The Morgan fingerprint density at radius 1 is 0.917 bits per heavy atom. The summed E-state index contributed by atoms with van der Waals surface area (Å²) in [5.41, 5.74) is -0.101. The average Bonchev–Trinajstić information content (AvgIpc) is 3.39. The molecule has 0 radical (unpaired) electrons. The number of fused-ring (bicyclic) bond motifs is 3. The van der Waals surface area contributed by atoms with Crippen molar-refractivity contribution in [3.8, 4) is 5.75 Å². The SMILES string of the molecule is OC(c1ccccc1)(c1ccccc1)c1noc(C[N+]23CCC(CC2)[C@@H](Oc2ccc(Cl)cc2)C3)n1. The lowest BCUT2D eigenvalue weighted by Gasteiger charge is -2.51. The van der Waals surface area contributed by atoms with Crippen molar-refractivity contribution in [1.29, 1.82) is 0 Å². The molecule has 3 saturated heterocycles. The Kier molecular flexibility index (Phi) is 6.04. The zero-order chi connectivity index (χ0) is 24.6. The molecule has 36 heavy (non-hydrogen) atoms. The molecule has 4 aromatic rings. The zero-order valence-corrected chi connectivity index (χ0v) is 20.7. The molecule has 6 nitrogen and oxygen atoms in total. The van der Waals surface area contributed by atoms with Crippen molar-refractivity contribution in [1.82, 2.24) is 10.1 Å². The van der Waals surface area contributed by atoms with Crippen LogP contribution in [0.25, 0.3) is 0 Å². The monoisotopic (exact) mass is 502 g/mol. The first-order valence-electron chi connectivity index (χ1n) is 12.5. The van der Waals surface area contributed by atoms with Gasteiger partial charge in [0.1, 0.15) is 12.3 Å². The molecule has 1 aromatic heterocycles. The predicted molar refractivity (Wildman–Crippen MR) is 136 cm³/mol. The van der Waals surface area contributed by atoms with Gasteiger partial charge in [0, 0.05) is 23.8 Å². The first kappa shape index (κ1) is 23.2. The van der Waals surface area contributed by atoms with Crippen molar-refractivity contribution < 1.29 is 18.8 Å². The zero-order valence-electron chi connectivity index (χ0n) is 20.0. The number of aliphatic hydroxyl groups is 1. The van der Waals surface area contributed by atoms with E-state index in [-0.39, 0.29) is 11.9 Å². The molecule has 2 bridgehead atoms. The molecule has 1 atom stereocenters. The minimum absolute atomic E-state index is 0.140. The number of nitrogens with zero attached hydrogens (tertiary/aromatic N) is 3. The molecule has 0 unspecified atom stereocenters. The van der Waals surface area contributed by atoms with Crippen LogP contribution in [0, 0.1) is 5.92 Å². The van der Waals surface area contributed by atoms with E-state index < -0.39 is 5.60 Å². The number of hydrogen-bond donors (Lipinski definition) is 1. The highest BCUT2D eigenvalue weighted by atomic mass is 35.5. The fourth-order valence-electron chi connectivity index (χ4n) is 5.80. The number of benzene rings is 3. The predicted octanol–water partition coefficient (Wildman–Crippen LogP) is 5.20. The lowest BCUT2D eigenvalue weighted by Crippen LogP contribution is -2.64. The Hall–Kier alpha value is -3.19. The van der Waals surface area contributed by atoms with Crippen LogP contribution in [0.4, 0.5) is 0 Å². The highest BCUT2D eigenvalue weighted by molar-refractivity contribution is 6.30. The Balaban J connectivity index is 1.26. The quantitative estimate of drug-likeness (QED) is 0.352. The van der Waals surface area contributed by atoms with Crippen LogP contribution in [0.2, 0.25) is 5.02 Å². The van der Waals surface area contributed by atoms with Gasteiger partial charge in [0.15, 0.2) is 18.2 Å². The molecule has 0 spiro atoms. The summed E-state index contributed by atoms with van der Waals surface area (Å²) in [5.74, 6) is 2.21. The van der Waals surface area contributed by atoms with Gasteiger partial charge in [-0.1, -0.05) is 77.4 Å². The molecule has 1 N–H and O–H groups in total. The summed E-state index contributed by atoms with van der Waals surface area (Å²) in [6, 6.07) is 26.6. The summed E-state index contributed by atoms with van der Waals surface area (Å²) in [4.78, 5) is 4.76.